The highest BCUT2D eigenvalue weighted by Crippen LogP contribution is 2.27. The van der Waals surface area contributed by atoms with Crippen molar-refractivity contribution in [1.82, 2.24) is 0 Å². The van der Waals surface area contributed by atoms with E-state index < -0.39 is 23.4 Å². The van der Waals surface area contributed by atoms with Crippen LogP contribution in [0.5, 0.6) is 5.75 Å². The van der Waals surface area contributed by atoms with E-state index in [0.717, 1.165) is 17.2 Å². The third kappa shape index (κ3) is 5.96. The molecule has 0 bridgehead atoms. The standard InChI is InChI=1S/C18H17ClN2O6/c1-11-3-4-12(2)16(7-11)26-10-18(23)27-9-17(22)20-13-5-6-14(19)15(8-13)21(24)25/h3-8H,9-10H2,1-2H3,(H,20,22). The molecule has 0 heterocycles. The van der Waals surface area contributed by atoms with Crippen LogP contribution in [-0.4, -0.2) is 30.0 Å². The highest BCUT2D eigenvalue weighted by molar-refractivity contribution is 6.32. The number of aryl methyl sites for hydroxylation is 2. The Labute approximate surface area is 160 Å². The molecule has 0 spiro atoms. The lowest BCUT2D eigenvalue weighted by molar-refractivity contribution is -0.384. The second-order valence-corrected chi connectivity index (χ2v) is 6.10. The van der Waals surface area contributed by atoms with Gasteiger partial charge in [0.1, 0.15) is 10.8 Å². The van der Waals surface area contributed by atoms with Crippen molar-refractivity contribution in [2.24, 2.45) is 0 Å². The van der Waals surface area contributed by atoms with E-state index in [2.05, 4.69) is 5.32 Å². The molecule has 0 saturated carbocycles. The van der Waals surface area contributed by atoms with Crippen LogP contribution in [0.1, 0.15) is 11.1 Å². The predicted molar refractivity (Wildman–Crippen MR) is 99.1 cm³/mol. The summed E-state index contributed by atoms with van der Waals surface area (Å²) in [4.78, 5) is 33.7. The van der Waals surface area contributed by atoms with Crippen LogP contribution in [0.2, 0.25) is 5.02 Å². The van der Waals surface area contributed by atoms with E-state index >= 15 is 0 Å². The zero-order valence-electron chi connectivity index (χ0n) is 14.7. The molecule has 8 nitrogen and oxygen atoms in total. The number of carbonyl (C=O) groups is 2. The molecule has 0 unspecified atom stereocenters. The van der Waals surface area contributed by atoms with Gasteiger partial charge in [0.05, 0.1) is 4.92 Å². The maximum absolute atomic E-state index is 11.8. The summed E-state index contributed by atoms with van der Waals surface area (Å²) in [6.07, 6.45) is 0. The number of carbonyl (C=O) groups excluding carboxylic acids is 2. The number of rotatable bonds is 7. The minimum Gasteiger partial charge on any atom is -0.482 e. The molecule has 2 rings (SSSR count). The minimum atomic E-state index is -0.715. The lowest BCUT2D eigenvalue weighted by Gasteiger charge is -2.10. The normalized spacial score (nSPS) is 10.2. The maximum Gasteiger partial charge on any atom is 0.344 e. The molecule has 0 aromatic heterocycles. The Morgan fingerprint density at radius 1 is 1.15 bits per heavy atom. The molecule has 0 aliphatic heterocycles. The summed E-state index contributed by atoms with van der Waals surface area (Å²) in [7, 11) is 0. The van der Waals surface area contributed by atoms with Crippen LogP contribution in [0, 0.1) is 24.0 Å². The smallest absolute Gasteiger partial charge is 0.344 e. The number of ether oxygens (including phenoxy) is 2. The largest absolute Gasteiger partial charge is 0.482 e. The van der Waals surface area contributed by atoms with Gasteiger partial charge in [0.15, 0.2) is 13.2 Å². The fourth-order valence-electron chi connectivity index (χ4n) is 2.11. The Balaban J connectivity index is 1.83. The number of nitro groups is 1. The number of benzene rings is 2. The van der Waals surface area contributed by atoms with E-state index in [1.165, 1.54) is 12.1 Å². The molecule has 0 atom stereocenters. The molecule has 0 aliphatic carbocycles. The van der Waals surface area contributed by atoms with E-state index in [4.69, 9.17) is 21.1 Å². The summed E-state index contributed by atoms with van der Waals surface area (Å²) in [6.45, 7) is 2.85. The number of nitrogens with zero attached hydrogens (tertiary/aromatic N) is 1. The van der Waals surface area contributed by atoms with Gasteiger partial charge in [0.2, 0.25) is 0 Å². The number of amides is 1. The fourth-order valence-corrected chi connectivity index (χ4v) is 2.30. The van der Waals surface area contributed by atoms with Crippen molar-refractivity contribution in [2.75, 3.05) is 18.5 Å². The molecule has 0 aliphatic rings. The van der Waals surface area contributed by atoms with Gasteiger partial charge in [-0.2, -0.15) is 0 Å². The van der Waals surface area contributed by atoms with Gasteiger partial charge in [-0.15, -0.1) is 0 Å². The van der Waals surface area contributed by atoms with Crippen LogP contribution >= 0.6 is 11.6 Å². The topological polar surface area (TPSA) is 108 Å². The van der Waals surface area contributed by atoms with Crippen LogP contribution in [0.3, 0.4) is 0 Å². The molecule has 2 aromatic carbocycles. The van der Waals surface area contributed by atoms with Crippen molar-refractivity contribution >= 4 is 34.9 Å². The van der Waals surface area contributed by atoms with Crippen molar-refractivity contribution in [3.8, 4) is 5.75 Å². The Morgan fingerprint density at radius 3 is 2.59 bits per heavy atom. The van der Waals surface area contributed by atoms with Crippen molar-refractivity contribution in [1.29, 1.82) is 0 Å². The zero-order chi connectivity index (χ0) is 20.0. The summed E-state index contributed by atoms with van der Waals surface area (Å²) in [5.41, 5.74) is 1.68. The van der Waals surface area contributed by atoms with Gasteiger partial charge in [-0.25, -0.2) is 4.79 Å². The van der Waals surface area contributed by atoms with Crippen molar-refractivity contribution in [2.45, 2.75) is 13.8 Å². The summed E-state index contributed by atoms with van der Waals surface area (Å²) in [5, 5.41) is 13.2. The number of nitrogens with one attached hydrogen (secondary N) is 1. The third-order valence-corrected chi connectivity index (χ3v) is 3.80. The first kappa shape index (κ1) is 20.2. The second kappa shape index (κ2) is 9.00. The first-order chi connectivity index (χ1) is 12.8. The van der Waals surface area contributed by atoms with E-state index in [1.807, 2.05) is 26.0 Å². The molecule has 0 saturated heterocycles. The quantitative estimate of drug-likeness (QED) is 0.439. The first-order valence-corrected chi connectivity index (χ1v) is 8.23. The van der Waals surface area contributed by atoms with E-state index in [0.29, 0.717) is 5.75 Å². The van der Waals surface area contributed by atoms with Crippen molar-refractivity contribution in [3.05, 3.63) is 62.7 Å². The fraction of sp³-hybridized carbons (Fsp3) is 0.222. The number of anilines is 1. The highest BCUT2D eigenvalue weighted by Gasteiger charge is 2.15. The number of nitro benzene ring substituents is 1. The SMILES string of the molecule is Cc1ccc(C)c(OCC(=O)OCC(=O)Nc2ccc(Cl)c([N+](=O)[O-])c2)c1. The summed E-state index contributed by atoms with van der Waals surface area (Å²) in [5.74, 6) is -0.801. The van der Waals surface area contributed by atoms with Gasteiger partial charge in [0.25, 0.3) is 11.6 Å². The molecular formula is C18H17ClN2O6. The van der Waals surface area contributed by atoms with Crippen molar-refractivity contribution in [3.63, 3.8) is 0 Å². The molecule has 2 aromatic rings. The van der Waals surface area contributed by atoms with Crippen molar-refractivity contribution < 1.29 is 24.0 Å². The van der Waals surface area contributed by atoms with Crippen LogP contribution < -0.4 is 10.1 Å². The second-order valence-electron chi connectivity index (χ2n) is 5.69. The Bertz CT molecular complexity index is 884. The van der Waals surface area contributed by atoms with E-state index in [1.54, 1.807) is 6.07 Å². The van der Waals surface area contributed by atoms with E-state index in [9.17, 15) is 19.7 Å². The minimum absolute atomic E-state index is 0.0481. The Kier molecular flexibility index (Phi) is 6.73. The average Bonchev–Trinajstić information content (AvgIpc) is 2.62. The molecule has 142 valence electrons. The number of esters is 1. The molecule has 1 amide bonds. The highest BCUT2D eigenvalue weighted by atomic mass is 35.5. The molecular weight excluding hydrogens is 376 g/mol. The molecule has 27 heavy (non-hydrogen) atoms. The first-order valence-electron chi connectivity index (χ1n) is 7.85. The molecule has 9 heteroatoms. The average molecular weight is 393 g/mol. The van der Waals surface area contributed by atoms with Crippen LogP contribution in [0.15, 0.2) is 36.4 Å². The summed E-state index contributed by atoms with van der Waals surface area (Å²) < 4.78 is 10.2. The number of hydrogen-bond acceptors (Lipinski definition) is 6. The van der Waals surface area contributed by atoms with Gasteiger partial charge in [-0.3, -0.25) is 14.9 Å². The van der Waals surface area contributed by atoms with Gasteiger partial charge in [-0.1, -0.05) is 23.7 Å². The number of hydrogen-bond donors (Lipinski definition) is 1. The Morgan fingerprint density at radius 2 is 1.89 bits per heavy atom. The molecule has 0 radical (unpaired) electrons. The van der Waals surface area contributed by atoms with Gasteiger partial charge in [-0.05, 0) is 43.2 Å². The van der Waals surface area contributed by atoms with Gasteiger partial charge in [0, 0.05) is 11.8 Å². The number of halogens is 1. The predicted octanol–water partition coefficient (Wildman–Crippen LogP) is 3.43. The van der Waals surface area contributed by atoms with Crippen LogP contribution in [0.4, 0.5) is 11.4 Å². The summed E-state index contributed by atoms with van der Waals surface area (Å²) in [6, 6.07) is 9.40. The monoisotopic (exact) mass is 392 g/mol. The third-order valence-electron chi connectivity index (χ3n) is 3.48. The van der Waals surface area contributed by atoms with E-state index in [-0.39, 0.29) is 23.0 Å². The lowest BCUT2D eigenvalue weighted by atomic mass is 10.1. The lowest BCUT2D eigenvalue weighted by Crippen LogP contribution is -2.23. The molecule has 1 N–H and O–H groups in total. The van der Waals surface area contributed by atoms with Gasteiger partial charge < -0.3 is 14.8 Å². The van der Waals surface area contributed by atoms with Crippen LogP contribution in [0.25, 0.3) is 0 Å². The van der Waals surface area contributed by atoms with Gasteiger partial charge >= 0.3 is 5.97 Å². The van der Waals surface area contributed by atoms with Crippen LogP contribution in [-0.2, 0) is 14.3 Å². The molecule has 0 fully saturated rings. The Hall–Kier alpha value is -3.13. The zero-order valence-corrected chi connectivity index (χ0v) is 15.4. The maximum atomic E-state index is 11.8. The summed E-state index contributed by atoms with van der Waals surface area (Å²) >= 11 is 5.70.